The Kier molecular flexibility index (Phi) is 1.54. The quantitative estimate of drug-likeness (QED) is 0.660. The van der Waals surface area contributed by atoms with Gasteiger partial charge in [0.1, 0.15) is 0 Å². The molecular formula is C10H19N. The van der Waals surface area contributed by atoms with E-state index in [1.54, 1.807) is 0 Å². The van der Waals surface area contributed by atoms with Gasteiger partial charge in [0.15, 0.2) is 0 Å². The van der Waals surface area contributed by atoms with E-state index >= 15 is 0 Å². The van der Waals surface area contributed by atoms with Crippen molar-refractivity contribution < 1.29 is 0 Å². The van der Waals surface area contributed by atoms with E-state index in [-0.39, 0.29) is 5.54 Å². The Morgan fingerprint density at radius 1 is 1.27 bits per heavy atom. The smallest absolute Gasteiger partial charge is 0.0189 e. The van der Waals surface area contributed by atoms with E-state index in [0.717, 1.165) is 17.8 Å². The van der Waals surface area contributed by atoms with Crippen LogP contribution in [-0.4, -0.2) is 5.54 Å². The molecule has 11 heavy (non-hydrogen) atoms. The molecule has 1 unspecified atom stereocenters. The summed E-state index contributed by atoms with van der Waals surface area (Å²) < 4.78 is 0. The molecule has 0 aromatic heterocycles. The van der Waals surface area contributed by atoms with Gasteiger partial charge in [0.25, 0.3) is 0 Å². The highest BCUT2D eigenvalue weighted by Gasteiger charge is 2.52. The number of hydrogen-bond acceptors (Lipinski definition) is 1. The Hall–Kier alpha value is -0.0400. The lowest BCUT2D eigenvalue weighted by molar-refractivity contribution is 0.265. The lowest BCUT2D eigenvalue weighted by Crippen LogP contribution is -2.37. The molecule has 0 saturated heterocycles. The van der Waals surface area contributed by atoms with Crippen LogP contribution < -0.4 is 5.73 Å². The molecular weight excluding hydrogens is 134 g/mol. The molecule has 1 atom stereocenters. The van der Waals surface area contributed by atoms with Crippen LogP contribution in [0.4, 0.5) is 0 Å². The highest BCUT2D eigenvalue weighted by atomic mass is 14.9. The minimum absolute atomic E-state index is 0.273. The molecule has 2 N–H and O–H groups in total. The molecule has 0 spiro atoms. The van der Waals surface area contributed by atoms with Crippen LogP contribution in [0.15, 0.2) is 0 Å². The van der Waals surface area contributed by atoms with Gasteiger partial charge >= 0.3 is 0 Å². The highest BCUT2D eigenvalue weighted by Crippen LogP contribution is 2.53. The van der Waals surface area contributed by atoms with Crippen molar-refractivity contribution >= 4 is 0 Å². The second-order valence-electron chi connectivity index (χ2n) is 4.84. The van der Waals surface area contributed by atoms with E-state index < -0.39 is 0 Å². The van der Waals surface area contributed by atoms with Gasteiger partial charge in [-0.25, -0.2) is 0 Å². The van der Waals surface area contributed by atoms with Crippen molar-refractivity contribution in [2.24, 2.45) is 23.5 Å². The largest absolute Gasteiger partial charge is 0.325 e. The number of hydrogen-bond donors (Lipinski definition) is 1. The molecule has 1 heteroatoms. The van der Waals surface area contributed by atoms with Gasteiger partial charge in [0.2, 0.25) is 0 Å². The predicted molar refractivity (Wildman–Crippen MR) is 47.2 cm³/mol. The second kappa shape index (κ2) is 2.22. The second-order valence-corrected chi connectivity index (χ2v) is 4.84. The Morgan fingerprint density at radius 3 is 2.09 bits per heavy atom. The van der Waals surface area contributed by atoms with Crippen LogP contribution in [0.1, 0.15) is 39.5 Å². The summed E-state index contributed by atoms with van der Waals surface area (Å²) in [5, 5.41) is 0. The van der Waals surface area contributed by atoms with Crippen LogP contribution in [0.2, 0.25) is 0 Å². The maximum absolute atomic E-state index is 6.23. The Balaban J connectivity index is 2.03. The van der Waals surface area contributed by atoms with Crippen LogP contribution in [0, 0.1) is 17.8 Å². The van der Waals surface area contributed by atoms with E-state index in [9.17, 15) is 0 Å². The molecule has 0 heterocycles. The Morgan fingerprint density at radius 2 is 1.82 bits per heavy atom. The molecule has 2 saturated carbocycles. The third kappa shape index (κ3) is 1.31. The van der Waals surface area contributed by atoms with Crippen LogP contribution >= 0.6 is 0 Å². The van der Waals surface area contributed by atoms with Crippen molar-refractivity contribution in [1.82, 2.24) is 0 Å². The van der Waals surface area contributed by atoms with E-state index in [1.165, 1.54) is 25.7 Å². The zero-order valence-electron chi connectivity index (χ0n) is 7.64. The van der Waals surface area contributed by atoms with E-state index in [1.807, 2.05) is 0 Å². The third-order valence-corrected chi connectivity index (χ3v) is 3.34. The molecule has 0 aliphatic heterocycles. The summed E-state index contributed by atoms with van der Waals surface area (Å²) in [5.74, 6) is 2.62. The summed E-state index contributed by atoms with van der Waals surface area (Å²) in [6, 6.07) is 0. The molecule has 64 valence electrons. The predicted octanol–water partition coefficient (Wildman–Crippen LogP) is 2.16. The minimum atomic E-state index is 0.273. The monoisotopic (exact) mass is 153 g/mol. The molecule has 2 rings (SSSR count). The molecule has 0 aromatic rings. The van der Waals surface area contributed by atoms with Crippen molar-refractivity contribution in [3.05, 3.63) is 0 Å². The Bertz CT molecular complexity index is 152. The van der Waals surface area contributed by atoms with Crippen LogP contribution in [0.3, 0.4) is 0 Å². The normalized spacial score (nSPS) is 30.5. The van der Waals surface area contributed by atoms with Crippen LogP contribution in [0.5, 0.6) is 0 Å². The van der Waals surface area contributed by atoms with Gasteiger partial charge in [0, 0.05) is 5.54 Å². The number of nitrogens with two attached hydrogens (primary N) is 1. The molecule has 2 aliphatic rings. The van der Waals surface area contributed by atoms with Gasteiger partial charge in [-0.15, -0.1) is 0 Å². The Labute approximate surface area is 69.4 Å². The lowest BCUT2D eigenvalue weighted by Gasteiger charge is -2.27. The van der Waals surface area contributed by atoms with Crippen molar-refractivity contribution in [2.45, 2.75) is 45.1 Å². The average molecular weight is 153 g/mol. The first-order chi connectivity index (χ1) is 5.13. The van der Waals surface area contributed by atoms with Gasteiger partial charge < -0.3 is 5.73 Å². The van der Waals surface area contributed by atoms with Crippen LogP contribution in [0.25, 0.3) is 0 Å². The first-order valence-electron chi connectivity index (χ1n) is 4.92. The summed E-state index contributed by atoms with van der Waals surface area (Å²) in [4.78, 5) is 0. The highest BCUT2D eigenvalue weighted by molar-refractivity contribution is 5.08. The summed E-state index contributed by atoms with van der Waals surface area (Å²) in [6.45, 7) is 4.66. The average Bonchev–Trinajstić information content (AvgIpc) is 2.70. The minimum Gasteiger partial charge on any atom is -0.325 e. The standard InChI is InChI=1S/C10H19N/c1-7(2)9(8-3-4-8)10(11)5-6-10/h7-9H,3-6,11H2,1-2H3. The van der Waals surface area contributed by atoms with Crippen molar-refractivity contribution in [3.8, 4) is 0 Å². The van der Waals surface area contributed by atoms with Gasteiger partial charge in [-0.05, 0) is 43.4 Å². The maximum Gasteiger partial charge on any atom is 0.0189 e. The van der Waals surface area contributed by atoms with Gasteiger partial charge in [-0.2, -0.15) is 0 Å². The van der Waals surface area contributed by atoms with Crippen molar-refractivity contribution in [3.63, 3.8) is 0 Å². The molecule has 1 nitrogen and oxygen atoms in total. The van der Waals surface area contributed by atoms with Crippen molar-refractivity contribution in [2.75, 3.05) is 0 Å². The molecule has 0 amide bonds. The fourth-order valence-electron chi connectivity index (χ4n) is 2.61. The topological polar surface area (TPSA) is 26.0 Å². The van der Waals surface area contributed by atoms with E-state index in [0.29, 0.717) is 0 Å². The third-order valence-electron chi connectivity index (χ3n) is 3.34. The first kappa shape index (κ1) is 7.60. The fraction of sp³-hybridized carbons (Fsp3) is 1.00. The van der Waals surface area contributed by atoms with E-state index in [4.69, 9.17) is 5.73 Å². The van der Waals surface area contributed by atoms with Crippen molar-refractivity contribution in [1.29, 1.82) is 0 Å². The summed E-state index contributed by atoms with van der Waals surface area (Å²) >= 11 is 0. The van der Waals surface area contributed by atoms with Gasteiger partial charge in [-0.3, -0.25) is 0 Å². The number of rotatable bonds is 3. The molecule has 2 aliphatic carbocycles. The molecule has 0 radical (unpaired) electrons. The fourth-order valence-corrected chi connectivity index (χ4v) is 2.61. The molecule has 2 fully saturated rings. The van der Waals surface area contributed by atoms with E-state index in [2.05, 4.69) is 13.8 Å². The summed E-state index contributed by atoms with van der Waals surface area (Å²) in [7, 11) is 0. The zero-order valence-corrected chi connectivity index (χ0v) is 7.64. The lowest BCUT2D eigenvalue weighted by atomic mass is 9.83. The maximum atomic E-state index is 6.23. The zero-order chi connectivity index (χ0) is 8.06. The first-order valence-corrected chi connectivity index (χ1v) is 4.92. The van der Waals surface area contributed by atoms with Gasteiger partial charge in [-0.1, -0.05) is 13.8 Å². The molecule has 0 bridgehead atoms. The molecule has 0 aromatic carbocycles. The summed E-state index contributed by atoms with van der Waals surface area (Å²) in [5.41, 5.74) is 6.51. The van der Waals surface area contributed by atoms with Crippen LogP contribution in [-0.2, 0) is 0 Å². The van der Waals surface area contributed by atoms with Gasteiger partial charge in [0.05, 0.1) is 0 Å². The SMILES string of the molecule is CC(C)C(C1CC1)C1(N)CC1. The summed E-state index contributed by atoms with van der Waals surface area (Å²) in [6.07, 6.45) is 5.46.